The van der Waals surface area contributed by atoms with Gasteiger partial charge in [0.2, 0.25) is 5.91 Å². The molecule has 3 atom stereocenters. The molecule has 0 bridgehead atoms. The van der Waals surface area contributed by atoms with Gasteiger partial charge in [-0.1, -0.05) is 99.9 Å². The quantitative estimate of drug-likeness (QED) is 0.202. The summed E-state index contributed by atoms with van der Waals surface area (Å²) >= 11 is 3.43. The molecule has 4 amide bonds. The van der Waals surface area contributed by atoms with Crippen molar-refractivity contribution in [2.45, 2.75) is 78.6 Å². The zero-order valence-corrected chi connectivity index (χ0v) is 29.1. The SMILES string of the molecule is CNC(=O)[C@@H](NC(=O)[C@](O)(CCN(Cc1ccc(Br)cc1)NC(=O)[C@@H](NC(=O)OC)C(C)(C)C)Cc1ccccc1)C(C)(C)C. The van der Waals surface area contributed by atoms with Gasteiger partial charge in [-0.15, -0.1) is 0 Å². The molecule has 45 heavy (non-hydrogen) atoms. The maximum atomic E-state index is 13.9. The lowest BCUT2D eigenvalue weighted by molar-refractivity contribution is -0.145. The van der Waals surface area contributed by atoms with E-state index in [1.807, 2.05) is 96.1 Å². The lowest BCUT2D eigenvalue weighted by atomic mass is 9.84. The third-order valence-corrected chi connectivity index (χ3v) is 7.87. The number of nitrogens with zero attached hydrogens (tertiary/aromatic N) is 1. The number of hydrogen-bond donors (Lipinski definition) is 5. The van der Waals surface area contributed by atoms with Crippen LogP contribution in [0.2, 0.25) is 0 Å². The highest BCUT2D eigenvalue weighted by molar-refractivity contribution is 9.10. The predicted octanol–water partition coefficient (Wildman–Crippen LogP) is 3.69. The molecule has 0 unspecified atom stereocenters. The number of likely N-dealkylation sites (N-methyl/N-ethyl adjacent to an activating group) is 1. The van der Waals surface area contributed by atoms with Crippen LogP contribution in [-0.4, -0.2) is 72.3 Å². The van der Waals surface area contributed by atoms with Crippen LogP contribution in [0.4, 0.5) is 4.79 Å². The van der Waals surface area contributed by atoms with Crippen LogP contribution in [0.5, 0.6) is 0 Å². The minimum absolute atomic E-state index is 0.0289. The van der Waals surface area contributed by atoms with E-state index < -0.39 is 46.4 Å². The number of carbonyl (C=O) groups excluding carboxylic acids is 4. The van der Waals surface area contributed by atoms with Gasteiger partial charge in [0.1, 0.15) is 17.7 Å². The zero-order chi connectivity index (χ0) is 34.0. The molecule has 2 rings (SSSR count). The molecule has 0 aliphatic rings. The lowest BCUT2D eigenvalue weighted by Gasteiger charge is -2.36. The van der Waals surface area contributed by atoms with E-state index >= 15 is 0 Å². The Morgan fingerprint density at radius 3 is 1.91 bits per heavy atom. The summed E-state index contributed by atoms with van der Waals surface area (Å²) in [6.45, 7) is 11.2. The van der Waals surface area contributed by atoms with Gasteiger partial charge in [-0.25, -0.2) is 9.80 Å². The van der Waals surface area contributed by atoms with E-state index in [4.69, 9.17) is 4.74 Å². The van der Waals surface area contributed by atoms with Gasteiger partial charge >= 0.3 is 6.09 Å². The number of ether oxygens (including phenoxy) is 1. The van der Waals surface area contributed by atoms with Crippen LogP contribution in [0.3, 0.4) is 0 Å². The fourth-order valence-corrected chi connectivity index (χ4v) is 4.94. The van der Waals surface area contributed by atoms with E-state index in [9.17, 15) is 24.3 Å². The topological polar surface area (TPSA) is 149 Å². The first kappa shape index (κ1) is 37.7. The molecule has 0 saturated carbocycles. The molecule has 0 fully saturated rings. The van der Waals surface area contributed by atoms with E-state index in [1.54, 1.807) is 5.01 Å². The number of benzene rings is 2. The van der Waals surface area contributed by atoms with Gasteiger partial charge in [0.25, 0.3) is 11.8 Å². The molecule has 5 N–H and O–H groups in total. The second-order valence-corrected chi connectivity index (χ2v) is 14.2. The van der Waals surface area contributed by atoms with E-state index in [2.05, 4.69) is 37.3 Å². The summed E-state index contributed by atoms with van der Waals surface area (Å²) < 4.78 is 5.62. The fraction of sp³-hybridized carbons (Fsp3) is 0.515. The molecule has 12 heteroatoms. The standard InChI is InChI=1S/C33H48BrN5O6/c1-31(2,3)25(27(40)35-7)36-29(42)33(44,20-22-12-10-9-11-13-22)18-19-39(21-23-14-16-24(34)17-15-23)38-28(41)26(32(4,5)6)37-30(43)45-8/h9-17,25-26,44H,18-21H2,1-8H3,(H,35,40)(H,36,42)(H,37,43)(H,38,41)/t25-,26-,33+/m1/s1. The second-order valence-electron chi connectivity index (χ2n) is 13.3. The summed E-state index contributed by atoms with van der Waals surface area (Å²) in [6.07, 6.45) is -0.874. The number of nitrogens with one attached hydrogen (secondary N) is 4. The monoisotopic (exact) mass is 689 g/mol. The largest absolute Gasteiger partial charge is 0.453 e. The van der Waals surface area contributed by atoms with Crippen LogP contribution in [-0.2, 0) is 32.1 Å². The number of rotatable bonds is 13. The van der Waals surface area contributed by atoms with Crippen molar-refractivity contribution >= 4 is 39.7 Å². The Balaban J connectivity index is 2.45. The summed E-state index contributed by atoms with van der Waals surface area (Å²) in [4.78, 5) is 52.3. The molecular formula is C33H48BrN5O6. The van der Waals surface area contributed by atoms with Crippen LogP contribution < -0.4 is 21.4 Å². The van der Waals surface area contributed by atoms with Crippen LogP contribution >= 0.6 is 15.9 Å². The summed E-state index contributed by atoms with van der Waals surface area (Å²) in [5, 5.41) is 21.6. The van der Waals surface area contributed by atoms with E-state index in [1.165, 1.54) is 14.2 Å². The van der Waals surface area contributed by atoms with Crippen LogP contribution in [0.25, 0.3) is 0 Å². The van der Waals surface area contributed by atoms with Crippen LogP contribution in [0, 0.1) is 10.8 Å². The third-order valence-electron chi connectivity index (χ3n) is 7.34. The van der Waals surface area contributed by atoms with E-state index in [0.717, 1.165) is 15.6 Å². The van der Waals surface area contributed by atoms with Gasteiger partial charge in [-0.3, -0.25) is 19.8 Å². The van der Waals surface area contributed by atoms with Crippen molar-refractivity contribution in [1.82, 2.24) is 26.4 Å². The summed E-state index contributed by atoms with van der Waals surface area (Å²) in [5.41, 5.74) is 1.21. The Bertz CT molecular complexity index is 1290. The predicted molar refractivity (Wildman–Crippen MR) is 177 cm³/mol. The van der Waals surface area contributed by atoms with Gasteiger partial charge in [0.15, 0.2) is 0 Å². The molecule has 0 aliphatic carbocycles. The maximum absolute atomic E-state index is 13.9. The van der Waals surface area contributed by atoms with Crippen molar-refractivity contribution in [3.8, 4) is 0 Å². The van der Waals surface area contributed by atoms with Crippen molar-refractivity contribution in [1.29, 1.82) is 0 Å². The van der Waals surface area contributed by atoms with Gasteiger partial charge in [-0.2, -0.15) is 0 Å². The second kappa shape index (κ2) is 16.2. The zero-order valence-electron chi connectivity index (χ0n) is 27.5. The van der Waals surface area contributed by atoms with Gasteiger partial charge in [0, 0.05) is 37.5 Å². The van der Waals surface area contributed by atoms with Crippen molar-refractivity contribution in [2.24, 2.45) is 10.8 Å². The fourth-order valence-electron chi connectivity index (χ4n) is 4.68. The number of alkyl carbamates (subject to hydrolysis) is 1. The maximum Gasteiger partial charge on any atom is 0.407 e. The molecule has 0 heterocycles. The van der Waals surface area contributed by atoms with Crippen LogP contribution in [0.1, 0.15) is 59.1 Å². The van der Waals surface area contributed by atoms with Gasteiger partial charge < -0.3 is 25.8 Å². The van der Waals surface area contributed by atoms with Crippen molar-refractivity contribution in [3.63, 3.8) is 0 Å². The summed E-state index contributed by atoms with van der Waals surface area (Å²) in [7, 11) is 2.71. The highest BCUT2D eigenvalue weighted by Crippen LogP contribution is 2.25. The smallest absolute Gasteiger partial charge is 0.407 e. The number of aliphatic hydroxyl groups is 1. The number of hydrazine groups is 1. The normalized spacial score (nSPS) is 14.5. The number of halogens is 1. The molecular weight excluding hydrogens is 642 g/mol. The third kappa shape index (κ3) is 11.8. The highest BCUT2D eigenvalue weighted by atomic mass is 79.9. The molecule has 0 aromatic heterocycles. The minimum Gasteiger partial charge on any atom is -0.453 e. The lowest BCUT2D eigenvalue weighted by Crippen LogP contribution is -2.60. The Labute approximate surface area is 275 Å². The first-order chi connectivity index (χ1) is 20.9. The molecule has 0 saturated heterocycles. The summed E-state index contributed by atoms with van der Waals surface area (Å²) in [6, 6.07) is 14.7. The van der Waals surface area contributed by atoms with Crippen molar-refractivity contribution < 1.29 is 29.0 Å². The Hall–Kier alpha value is -3.48. The van der Waals surface area contributed by atoms with Gasteiger partial charge in [0.05, 0.1) is 7.11 Å². The molecule has 0 aliphatic heterocycles. The molecule has 0 radical (unpaired) electrons. The van der Waals surface area contributed by atoms with Crippen molar-refractivity contribution in [2.75, 3.05) is 20.7 Å². The Morgan fingerprint density at radius 2 is 1.40 bits per heavy atom. The summed E-state index contributed by atoms with van der Waals surface area (Å²) in [5.74, 6) is -1.58. The first-order valence-electron chi connectivity index (χ1n) is 14.8. The van der Waals surface area contributed by atoms with Gasteiger partial charge in [-0.05, 0) is 34.1 Å². The Morgan fingerprint density at radius 1 is 0.844 bits per heavy atom. The Kier molecular flexibility index (Phi) is 13.6. The first-order valence-corrected chi connectivity index (χ1v) is 15.6. The van der Waals surface area contributed by atoms with E-state index in [-0.39, 0.29) is 31.8 Å². The van der Waals surface area contributed by atoms with Crippen LogP contribution in [0.15, 0.2) is 59.1 Å². The average molecular weight is 691 g/mol. The number of hydrogen-bond acceptors (Lipinski definition) is 7. The number of amides is 4. The number of carbonyl (C=O) groups is 4. The van der Waals surface area contributed by atoms with E-state index in [0.29, 0.717) is 0 Å². The minimum atomic E-state index is -1.95. The molecule has 248 valence electrons. The number of methoxy groups -OCH3 is 1. The molecule has 2 aromatic rings. The van der Waals surface area contributed by atoms with Crippen molar-refractivity contribution in [3.05, 3.63) is 70.2 Å². The molecule has 0 spiro atoms. The molecule has 11 nitrogen and oxygen atoms in total. The molecule has 2 aromatic carbocycles. The highest BCUT2D eigenvalue weighted by Gasteiger charge is 2.42. The average Bonchev–Trinajstić information content (AvgIpc) is 2.97.